The quantitative estimate of drug-likeness (QED) is 0.639. The highest BCUT2D eigenvalue weighted by Crippen LogP contribution is 2.35. The second-order valence-electron chi connectivity index (χ2n) is 5.56. The SMILES string of the molecule is CCC1CCC(C(Cc2ccc(Cl)cc2F)NN)C1. The van der Waals surface area contributed by atoms with Crippen LogP contribution in [0.4, 0.5) is 4.39 Å². The first-order valence-electron chi connectivity index (χ1n) is 7.04. The Morgan fingerprint density at radius 3 is 2.84 bits per heavy atom. The van der Waals surface area contributed by atoms with Crippen LogP contribution < -0.4 is 11.3 Å². The van der Waals surface area contributed by atoms with Gasteiger partial charge in [-0.25, -0.2) is 4.39 Å². The Balaban J connectivity index is 2.03. The molecule has 4 heteroatoms. The summed E-state index contributed by atoms with van der Waals surface area (Å²) in [6.45, 7) is 2.23. The fourth-order valence-electron chi connectivity index (χ4n) is 3.14. The summed E-state index contributed by atoms with van der Waals surface area (Å²) in [5, 5.41) is 0.436. The molecule has 0 aromatic heterocycles. The zero-order valence-corrected chi connectivity index (χ0v) is 12.1. The van der Waals surface area contributed by atoms with Crippen molar-refractivity contribution in [3.05, 3.63) is 34.6 Å². The summed E-state index contributed by atoms with van der Waals surface area (Å²) in [5.41, 5.74) is 3.57. The van der Waals surface area contributed by atoms with E-state index in [0.717, 1.165) is 5.92 Å². The Hall–Kier alpha value is -0.640. The molecule has 1 aromatic carbocycles. The van der Waals surface area contributed by atoms with E-state index in [0.29, 0.717) is 22.9 Å². The van der Waals surface area contributed by atoms with Crippen LogP contribution in [0.3, 0.4) is 0 Å². The molecule has 0 radical (unpaired) electrons. The molecule has 0 saturated heterocycles. The van der Waals surface area contributed by atoms with Crippen LogP contribution in [0.15, 0.2) is 18.2 Å². The number of nitrogens with two attached hydrogens (primary N) is 1. The van der Waals surface area contributed by atoms with E-state index < -0.39 is 0 Å². The molecule has 19 heavy (non-hydrogen) atoms. The van der Waals surface area contributed by atoms with Crippen molar-refractivity contribution in [1.82, 2.24) is 5.43 Å². The van der Waals surface area contributed by atoms with E-state index in [1.54, 1.807) is 12.1 Å². The van der Waals surface area contributed by atoms with Crippen LogP contribution in [0.2, 0.25) is 5.02 Å². The molecule has 0 amide bonds. The van der Waals surface area contributed by atoms with Crippen molar-refractivity contribution in [3.63, 3.8) is 0 Å². The van der Waals surface area contributed by atoms with Gasteiger partial charge in [0.05, 0.1) is 0 Å². The zero-order chi connectivity index (χ0) is 13.8. The molecule has 0 heterocycles. The first-order valence-corrected chi connectivity index (χ1v) is 7.41. The molecule has 3 atom stereocenters. The summed E-state index contributed by atoms with van der Waals surface area (Å²) in [6.07, 6.45) is 5.50. The number of benzene rings is 1. The van der Waals surface area contributed by atoms with Crippen LogP contribution in [0.25, 0.3) is 0 Å². The molecule has 0 bridgehead atoms. The third-order valence-corrected chi connectivity index (χ3v) is 4.63. The number of halogens is 2. The Morgan fingerprint density at radius 2 is 2.26 bits per heavy atom. The minimum absolute atomic E-state index is 0.146. The number of hydrogen-bond donors (Lipinski definition) is 2. The third kappa shape index (κ3) is 3.68. The van der Waals surface area contributed by atoms with Gasteiger partial charge in [-0.1, -0.05) is 37.4 Å². The second kappa shape index (κ2) is 6.69. The van der Waals surface area contributed by atoms with E-state index in [-0.39, 0.29) is 11.9 Å². The van der Waals surface area contributed by atoms with Crippen LogP contribution >= 0.6 is 11.6 Å². The normalized spacial score (nSPS) is 24.6. The highest BCUT2D eigenvalue weighted by Gasteiger charge is 2.29. The van der Waals surface area contributed by atoms with Gasteiger partial charge in [-0.3, -0.25) is 11.3 Å². The summed E-state index contributed by atoms with van der Waals surface area (Å²) in [7, 11) is 0. The smallest absolute Gasteiger partial charge is 0.127 e. The maximum atomic E-state index is 13.8. The lowest BCUT2D eigenvalue weighted by molar-refractivity contribution is 0.345. The molecule has 3 unspecified atom stereocenters. The molecule has 3 N–H and O–H groups in total. The molecule has 1 aromatic rings. The first-order chi connectivity index (χ1) is 9.13. The second-order valence-corrected chi connectivity index (χ2v) is 6.00. The van der Waals surface area contributed by atoms with Crippen molar-refractivity contribution in [2.45, 2.75) is 45.1 Å². The van der Waals surface area contributed by atoms with Gasteiger partial charge in [-0.15, -0.1) is 0 Å². The van der Waals surface area contributed by atoms with Gasteiger partial charge in [-0.05, 0) is 48.8 Å². The number of hydrogen-bond acceptors (Lipinski definition) is 2. The fraction of sp³-hybridized carbons (Fsp3) is 0.600. The predicted octanol–water partition coefficient (Wildman–Crippen LogP) is 3.68. The summed E-state index contributed by atoms with van der Waals surface area (Å²) in [6, 6.07) is 5.01. The van der Waals surface area contributed by atoms with Gasteiger partial charge in [0.15, 0.2) is 0 Å². The van der Waals surface area contributed by atoms with E-state index in [2.05, 4.69) is 12.3 Å². The van der Waals surface area contributed by atoms with Crippen molar-refractivity contribution in [3.8, 4) is 0 Å². The van der Waals surface area contributed by atoms with Crippen molar-refractivity contribution in [1.29, 1.82) is 0 Å². The van der Waals surface area contributed by atoms with Gasteiger partial charge in [0.25, 0.3) is 0 Å². The lowest BCUT2D eigenvalue weighted by Gasteiger charge is -2.23. The number of rotatable bonds is 5. The minimum atomic E-state index is -0.238. The Labute approximate surface area is 119 Å². The van der Waals surface area contributed by atoms with Gasteiger partial charge in [0, 0.05) is 11.1 Å². The van der Waals surface area contributed by atoms with Crippen molar-refractivity contribution < 1.29 is 4.39 Å². The van der Waals surface area contributed by atoms with Crippen LogP contribution in [0.5, 0.6) is 0 Å². The van der Waals surface area contributed by atoms with E-state index in [4.69, 9.17) is 17.4 Å². The summed E-state index contributed by atoms with van der Waals surface area (Å²) in [5.74, 6) is 6.78. The largest absolute Gasteiger partial charge is 0.271 e. The van der Waals surface area contributed by atoms with Gasteiger partial charge in [0.2, 0.25) is 0 Å². The highest BCUT2D eigenvalue weighted by molar-refractivity contribution is 6.30. The lowest BCUT2D eigenvalue weighted by Crippen LogP contribution is -2.42. The standard InChI is InChI=1S/C15H22ClFN2/c1-2-10-3-4-12(7-10)15(19-18)8-11-5-6-13(16)9-14(11)17/h5-6,9-10,12,15,19H,2-4,7-8,18H2,1H3. The maximum absolute atomic E-state index is 13.8. The summed E-state index contributed by atoms with van der Waals surface area (Å²) >= 11 is 5.77. The maximum Gasteiger partial charge on any atom is 0.127 e. The minimum Gasteiger partial charge on any atom is -0.271 e. The topological polar surface area (TPSA) is 38.0 Å². The predicted molar refractivity (Wildman–Crippen MR) is 77.3 cm³/mol. The Morgan fingerprint density at radius 1 is 1.47 bits per heavy atom. The summed E-state index contributed by atoms with van der Waals surface area (Å²) in [4.78, 5) is 0. The Kier molecular flexibility index (Phi) is 5.20. The van der Waals surface area contributed by atoms with E-state index in [1.165, 1.54) is 31.7 Å². The highest BCUT2D eigenvalue weighted by atomic mass is 35.5. The van der Waals surface area contributed by atoms with Crippen molar-refractivity contribution in [2.24, 2.45) is 17.7 Å². The van der Waals surface area contributed by atoms with E-state index in [9.17, 15) is 4.39 Å². The number of hydrazine groups is 1. The van der Waals surface area contributed by atoms with Crippen molar-refractivity contribution >= 4 is 11.6 Å². The monoisotopic (exact) mass is 284 g/mol. The molecule has 1 saturated carbocycles. The zero-order valence-electron chi connectivity index (χ0n) is 11.3. The molecular formula is C15H22ClFN2. The van der Waals surface area contributed by atoms with Crippen molar-refractivity contribution in [2.75, 3.05) is 0 Å². The van der Waals surface area contributed by atoms with Gasteiger partial charge in [-0.2, -0.15) is 0 Å². The average molecular weight is 285 g/mol. The van der Waals surface area contributed by atoms with Crippen LogP contribution in [-0.2, 0) is 6.42 Å². The molecule has 1 aliphatic carbocycles. The summed E-state index contributed by atoms with van der Waals surface area (Å²) < 4.78 is 13.8. The first kappa shape index (κ1) is 14.8. The molecule has 0 aliphatic heterocycles. The average Bonchev–Trinajstić information content (AvgIpc) is 2.86. The van der Waals surface area contributed by atoms with Crippen LogP contribution in [-0.4, -0.2) is 6.04 Å². The molecule has 1 aliphatic rings. The van der Waals surface area contributed by atoms with Gasteiger partial charge in [0.1, 0.15) is 5.82 Å². The molecule has 2 nitrogen and oxygen atoms in total. The molecular weight excluding hydrogens is 263 g/mol. The number of nitrogens with one attached hydrogen (secondary N) is 1. The van der Waals surface area contributed by atoms with Crippen LogP contribution in [0, 0.1) is 17.7 Å². The fourth-order valence-corrected chi connectivity index (χ4v) is 3.29. The molecule has 1 fully saturated rings. The van der Waals surface area contributed by atoms with Gasteiger partial charge >= 0.3 is 0 Å². The molecule has 0 spiro atoms. The van der Waals surface area contributed by atoms with E-state index in [1.807, 2.05) is 0 Å². The van der Waals surface area contributed by atoms with E-state index >= 15 is 0 Å². The molecule has 106 valence electrons. The Bertz CT molecular complexity index is 425. The lowest BCUT2D eigenvalue weighted by atomic mass is 9.91. The third-order valence-electron chi connectivity index (χ3n) is 4.40. The van der Waals surface area contributed by atoms with Gasteiger partial charge < -0.3 is 0 Å². The van der Waals surface area contributed by atoms with Crippen LogP contribution in [0.1, 0.15) is 38.2 Å². The molecule has 2 rings (SSSR count).